The van der Waals surface area contributed by atoms with E-state index < -0.39 is 0 Å². The SMILES string of the molecule is N#Cc1ncn(Cc2ccccc2Cl)c1/N=C/c1ccc(Cl)cc1. The first-order valence-electron chi connectivity index (χ1n) is 7.15. The van der Waals surface area contributed by atoms with Crippen LogP contribution in [0.1, 0.15) is 16.8 Å². The van der Waals surface area contributed by atoms with Crippen LogP contribution in [0.25, 0.3) is 0 Å². The number of benzene rings is 2. The molecule has 0 aliphatic rings. The Morgan fingerprint density at radius 2 is 1.88 bits per heavy atom. The van der Waals surface area contributed by atoms with Crippen LogP contribution in [-0.4, -0.2) is 15.8 Å². The Morgan fingerprint density at radius 3 is 2.58 bits per heavy atom. The van der Waals surface area contributed by atoms with Gasteiger partial charge in [-0.05, 0) is 29.3 Å². The van der Waals surface area contributed by atoms with Crippen molar-refractivity contribution in [3.63, 3.8) is 0 Å². The molecule has 0 aliphatic heterocycles. The van der Waals surface area contributed by atoms with Crippen LogP contribution in [-0.2, 0) is 6.54 Å². The molecule has 0 spiro atoms. The minimum atomic E-state index is 0.271. The average molecular weight is 355 g/mol. The number of rotatable bonds is 4. The minimum Gasteiger partial charge on any atom is -0.310 e. The lowest BCUT2D eigenvalue weighted by Crippen LogP contribution is -1.99. The molecule has 2 aromatic carbocycles. The second-order valence-electron chi connectivity index (χ2n) is 5.06. The summed E-state index contributed by atoms with van der Waals surface area (Å²) in [6, 6.07) is 16.9. The van der Waals surface area contributed by atoms with E-state index in [-0.39, 0.29) is 5.69 Å². The van der Waals surface area contributed by atoms with E-state index in [4.69, 9.17) is 23.2 Å². The molecule has 0 unspecified atom stereocenters. The van der Waals surface area contributed by atoms with Gasteiger partial charge in [0.25, 0.3) is 0 Å². The van der Waals surface area contributed by atoms with Gasteiger partial charge in [-0.15, -0.1) is 0 Å². The quantitative estimate of drug-likeness (QED) is 0.628. The number of nitriles is 1. The minimum absolute atomic E-state index is 0.271. The summed E-state index contributed by atoms with van der Waals surface area (Å²) in [6.45, 7) is 0.488. The van der Waals surface area contributed by atoms with Crippen molar-refractivity contribution in [3.8, 4) is 6.07 Å². The summed E-state index contributed by atoms with van der Waals surface area (Å²) in [5.41, 5.74) is 2.09. The normalized spacial score (nSPS) is 10.9. The van der Waals surface area contributed by atoms with Crippen molar-refractivity contribution >= 4 is 35.2 Å². The number of nitrogens with zero attached hydrogens (tertiary/aromatic N) is 4. The Morgan fingerprint density at radius 1 is 1.12 bits per heavy atom. The highest BCUT2D eigenvalue weighted by atomic mass is 35.5. The lowest BCUT2D eigenvalue weighted by molar-refractivity contribution is 0.800. The predicted molar refractivity (Wildman–Crippen MR) is 96.2 cm³/mol. The van der Waals surface area contributed by atoms with Crippen molar-refractivity contribution in [3.05, 3.63) is 81.7 Å². The highest BCUT2D eigenvalue weighted by Crippen LogP contribution is 2.22. The number of hydrogen-bond acceptors (Lipinski definition) is 3. The maximum Gasteiger partial charge on any atom is 0.185 e. The third-order valence-corrected chi connectivity index (χ3v) is 4.04. The zero-order valence-electron chi connectivity index (χ0n) is 12.5. The molecule has 0 radical (unpaired) electrons. The first-order chi connectivity index (χ1) is 11.7. The molecule has 0 atom stereocenters. The molecule has 3 aromatic rings. The first kappa shape index (κ1) is 16.3. The van der Waals surface area contributed by atoms with E-state index in [0.29, 0.717) is 22.4 Å². The molecule has 1 aromatic heterocycles. The average Bonchev–Trinajstić information content (AvgIpc) is 2.98. The van der Waals surface area contributed by atoms with Gasteiger partial charge in [-0.1, -0.05) is 53.5 Å². The van der Waals surface area contributed by atoms with Crippen molar-refractivity contribution in [2.24, 2.45) is 4.99 Å². The number of halogens is 2. The molecule has 0 saturated carbocycles. The molecule has 24 heavy (non-hydrogen) atoms. The maximum absolute atomic E-state index is 9.24. The molecule has 0 fully saturated rings. The van der Waals surface area contributed by atoms with Crippen molar-refractivity contribution in [1.29, 1.82) is 5.26 Å². The number of hydrogen-bond donors (Lipinski definition) is 0. The highest BCUT2D eigenvalue weighted by Gasteiger charge is 2.11. The third-order valence-electron chi connectivity index (χ3n) is 3.42. The standard InChI is InChI=1S/C18H12Cl2N4/c19-15-7-5-13(6-8-15)10-22-18-17(9-21)23-12-24(18)11-14-3-1-2-4-16(14)20/h1-8,10,12H,11H2/b22-10+. The fraction of sp³-hybridized carbons (Fsp3) is 0.0556. The van der Waals surface area contributed by atoms with Crippen LogP contribution in [0, 0.1) is 11.3 Å². The number of aliphatic imine (C=N–C) groups is 1. The first-order valence-corrected chi connectivity index (χ1v) is 7.91. The van der Waals surface area contributed by atoms with Crippen LogP contribution < -0.4 is 0 Å². The van der Waals surface area contributed by atoms with E-state index >= 15 is 0 Å². The molecule has 0 amide bonds. The summed E-state index contributed by atoms with van der Waals surface area (Å²) in [5, 5.41) is 10.6. The van der Waals surface area contributed by atoms with Gasteiger partial charge in [0.15, 0.2) is 11.5 Å². The van der Waals surface area contributed by atoms with Crippen LogP contribution in [0.4, 0.5) is 5.82 Å². The van der Waals surface area contributed by atoms with E-state index in [1.54, 1.807) is 29.2 Å². The van der Waals surface area contributed by atoms with Crippen LogP contribution in [0.5, 0.6) is 0 Å². The molecule has 1 heterocycles. The summed E-state index contributed by atoms with van der Waals surface area (Å²) >= 11 is 12.1. The van der Waals surface area contributed by atoms with Gasteiger partial charge in [-0.25, -0.2) is 9.98 Å². The van der Waals surface area contributed by atoms with Gasteiger partial charge < -0.3 is 4.57 Å². The van der Waals surface area contributed by atoms with E-state index in [2.05, 4.69) is 16.0 Å². The van der Waals surface area contributed by atoms with Crippen molar-refractivity contribution in [2.45, 2.75) is 6.54 Å². The highest BCUT2D eigenvalue weighted by molar-refractivity contribution is 6.31. The van der Waals surface area contributed by atoms with E-state index in [1.807, 2.05) is 36.4 Å². The summed E-state index contributed by atoms with van der Waals surface area (Å²) in [5.74, 6) is 0.493. The Labute approximate surface area is 149 Å². The van der Waals surface area contributed by atoms with E-state index in [0.717, 1.165) is 11.1 Å². The Kier molecular flexibility index (Phi) is 4.95. The molecule has 0 N–H and O–H groups in total. The Balaban J connectivity index is 1.92. The Hall–Kier alpha value is -2.61. The second-order valence-corrected chi connectivity index (χ2v) is 5.90. The second kappa shape index (κ2) is 7.31. The van der Waals surface area contributed by atoms with Gasteiger partial charge in [-0.2, -0.15) is 5.26 Å². The van der Waals surface area contributed by atoms with Gasteiger partial charge in [0.2, 0.25) is 0 Å². The molecule has 3 rings (SSSR count). The molecule has 118 valence electrons. The Bertz CT molecular complexity index is 921. The summed E-state index contributed by atoms with van der Waals surface area (Å²) in [6.07, 6.45) is 3.27. The van der Waals surface area contributed by atoms with E-state index in [1.165, 1.54) is 0 Å². The van der Waals surface area contributed by atoms with Gasteiger partial charge in [0, 0.05) is 16.3 Å². The largest absolute Gasteiger partial charge is 0.310 e. The summed E-state index contributed by atoms with van der Waals surface area (Å²) < 4.78 is 1.80. The van der Waals surface area contributed by atoms with Crippen LogP contribution in [0.15, 0.2) is 59.9 Å². The molecular weight excluding hydrogens is 343 g/mol. The number of imidazole rings is 1. The predicted octanol–water partition coefficient (Wildman–Crippen LogP) is 4.86. The topological polar surface area (TPSA) is 54.0 Å². The molecule has 0 saturated heterocycles. The molecule has 0 aliphatic carbocycles. The third kappa shape index (κ3) is 3.65. The summed E-state index contributed by atoms with van der Waals surface area (Å²) in [7, 11) is 0. The van der Waals surface area contributed by atoms with Gasteiger partial charge in [0.1, 0.15) is 6.07 Å². The van der Waals surface area contributed by atoms with Crippen molar-refractivity contribution in [2.75, 3.05) is 0 Å². The van der Waals surface area contributed by atoms with E-state index in [9.17, 15) is 5.26 Å². The van der Waals surface area contributed by atoms with Crippen molar-refractivity contribution in [1.82, 2.24) is 9.55 Å². The van der Waals surface area contributed by atoms with Gasteiger partial charge in [0.05, 0.1) is 12.9 Å². The lowest BCUT2D eigenvalue weighted by atomic mass is 10.2. The lowest BCUT2D eigenvalue weighted by Gasteiger charge is -2.07. The zero-order chi connectivity index (χ0) is 16.9. The smallest absolute Gasteiger partial charge is 0.185 e. The maximum atomic E-state index is 9.24. The van der Waals surface area contributed by atoms with Crippen LogP contribution >= 0.6 is 23.2 Å². The van der Waals surface area contributed by atoms with Crippen LogP contribution in [0.2, 0.25) is 10.0 Å². The molecule has 4 nitrogen and oxygen atoms in total. The zero-order valence-corrected chi connectivity index (χ0v) is 14.0. The van der Waals surface area contributed by atoms with Gasteiger partial charge >= 0.3 is 0 Å². The molecule has 0 bridgehead atoms. The molecule has 6 heteroatoms. The molecular formula is C18H12Cl2N4. The van der Waals surface area contributed by atoms with Gasteiger partial charge in [-0.3, -0.25) is 0 Å². The van der Waals surface area contributed by atoms with Crippen LogP contribution in [0.3, 0.4) is 0 Å². The fourth-order valence-corrected chi connectivity index (χ4v) is 2.52. The van der Waals surface area contributed by atoms with Crippen molar-refractivity contribution < 1.29 is 0 Å². The monoisotopic (exact) mass is 354 g/mol. The summed E-state index contributed by atoms with van der Waals surface area (Å²) in [4.78, 5) is 8.54. The fourth-order valence-electron chi connectivity index (χ4n) is 2.20. The number of aromatic nitrogens is 2.